The second kappa shape index (κ2) is 3.95. The predicted octanol–water partition coefficient (Wildman–Crippen LogP) is -1.66. The van der Waals surface area contributed by atoms with Crippen LogP contribution in [0.2, 0.25) is 0 Å². The fraction of sp³-hybridized carbons (Fsp3) is 0.625. The lowest BCUT2D eigenvalue weighted by Crippen LogP contribution is -2.54. The van der Waals surface area contributed by atoms with E-state index in [2.05, 4.69) is 10.4 Å². The molecule has 2 heterocycles. The Balaban J connectivity index is 1.96. The first-order valence-electron chi connectivity index (χ1n) is 4.69. The van der Waals surface area contributed by atoms with Gasteiger partial charge < -0.3 is 10.4 Å². The van der Waals surface area contributed by atoms with E-state index in [9.17, 15) is 9.59 Å². The van der Waals surface area contributed by atoms with E-state index in [1.165, 1.54) is 11.3 Å². The van der Waals surface area contributed by atoms with Crippen LogP contribution in [0.3, 0.4) is 0 Å². The Labute approximate surface area is 86.3 Å². The molecular weight excluding hydrogens is 200 g/mol. The lowest BCUT2D eigenvalue weighted by molar-refractivity contribution is -0.147. The number of hydrazine groups is 1. The molecular formula is C8H12N4O3. The Bertz CT molecular complexity index is 317. The predicted molar refractivity (Wildman–Crippen MR) is 50.9 cm³/mol. The zero-order chi connectivity index (χ0) is 10.8. The van der Waals surface area contributed by atoms with Gasteiger partial charge in [0.1, 0.15) is 6.54 Å². The first kappa shape index (κ1) is 10.1. The van der Waals surface area contributed by atoms with E-state index in [1.807, 2.05) is 0 Å². The van der Waals surface area contributed by atoms with Crippen LogP contribution in [-0.4, -0.2) is 59.5 Å². The number of hydrazone groups is 1. The molecule has 0 radical (unpaired) electrons. The van der Waals surface area contributed by atoms with E-state index in [4.69, 9.17) is 5.11 Å². The van der Waals surface area contributed by atoms with Crippen LogP contribution < -0.4 is 5.32 Å². The van der Waals surface area contributed by atoms with Crippen molar-refractivity contribution in [3.63, 3.8) is 0 Å². The molecule has 7 heteroatoms. The first-order chi connectivity index (χ1) is 7.16. The number of hydrogen-bond donors (Lipinski definition) is 2. The van der Waals surface area contributed by atoms with Crippen molar-refractivity contribution in [2.75, 3.05) is 26.3 Å². The molecule has 0 aromatic carbocycles. The summed E-state index contributed by atoms with van der Waals surface area (Å²) in [6.07, 6.45) is 1.25. The van der Waals surface area contributed by atoms with Crippen molar-refractivity contribution in [1.82, 2.24) is 15.4 Å². The van der Waals surface area contributed by atoms with Gasteiger partial charge in [0, 0.05) is 13.1 Å². The Morgan fingerprint density at radius 3 is 3.07 bits per heavy atom. The molecule has 2 aliphatic rings. The molecule has 1 fully saturated rings. The summed E-state index contributed by atoms with van der Waals surface area (Å²) in [6.45, 7) is 1.56. The normalized spacial score (nSPS) is 27.3. The van der Waals surface area contributed by atoms with Crippen LogP contribution in [0.1, 0.15) is 0 Å². The van der Waals surface area contributed by atoms with Crippen molar-refractivity contribution in [1.29, 1.82) is 0 Å². The lowest BCUT2D eigenvalue weighted by Gasteiger charge is -2.35. The second-order valence-electron chi connectivity index (χ2n) is 3.58. The van der Waals surface area contributed by atoms with Gasteiger partial charge in [0.05, 0.1) is 18.8 Å². The SMILES string of the molecule is O=C1C=NN(N2CNCC(C(=O)O)C2)C1. The van der Waals surface area contributed by atoms with Crippen molar-refractivity contribution in [2.45, 2.75) is 0 Å². The molecule has 1 atom stereocenters. The number of carbonyl (C=O) groups excluding carboxylic acids is 1. The van der Waals surface area contributed by atoms with Gasteiger partial charge in [0.2, 0.25) is 0 Å². The van der Waals surface area contributed by atoms with Gasteiger partial charge >= 0.3 is 5.97 Å². The van der Waals surface area contributed by atoms with Gasteiger partial charge in [-0.1, -0.05) is 0 Å². The minimum absolute atomic E-state index is 0.0625. The van der Waals surface area contributed by atoms with Crippen LogP contribution in [-0.2, 0) is 9.59 Å². The first-order valence-corrected chi connectivity index (χ1v) is 4.69. The number of carboxylic acid groups (broad SMARTS) is 1. The third-order valence-electron chi connectivity index (χ3n) is 2.42. The number of rotatable bonds is 2. The van der Waals surface area contributed by atoms with Crippen molar-refractivity contribution >= 4 is 18.0 Å². The molecule has 2 aliphatic heterocycles. The van der Waals surface area contributed by atoms with Crippen molar-refractivity contribution < 1.29 is 14.7 Å². The molecule has 1 unspecified atom stereocenters. The van der Waals surface area contributed by atoms with E-state index in [-0.39, 0.29) is 12.3 Å². The Kier molecular flexibility index (Phi) is 2.65. The monoisotopic (exact) mass is 212 g/mol. The third kappa shape index (κ3) is 2.13. The minimum atomic E-state index is -0.832. The molecule has 1 saturated heterocycles. The molecule has 2 N–H and O–H groups in total. The number of carboxylic acids is 1. The number of Topliss-reactive ketones (excluding diaryl/α,β-unsaturated/α-hetero) is 1. The van der Waals surface area contributed by atoms with Crippen LogP contribution in [0.15, 0.2) is 5.10 Å². The number of carbonyl (C=O) groups is 2. The molecule has 15 heavy (non-hydrogen) atoms. The topological polar surface area (TPSA) is 85.2 Å². The van der Waals surface area contributed by atoms with Crippen LogP contribution in [0, 0.1) is 5.92 Å². The van der Waals surface area contributed by atoms with Crippen molar-refractivity contribution in [3.8, 4) is 0 Å². The Morgan fingerprint density at radius 1 is 1.67 bits per heavy atom. The molecule has 0 amide bonds. The highest BCUT2D eigenvalue weighted by molar-refractivity contribution is 6.29. The highest BCUT2D eigenvalue weighted by Gasteiger charge is 2.30. The highest BCUT2D eigenvalue weighted by atomic mass is 16.4. The van der Waals surface area contributed by atoms with Gasteiger partial charge in [-0.25, -0.2) is 5.12 Å². The maximum Gasteiger partial charge on any atom is 0.309 e. The molecule has 0 aromatic heterocycles. The number of hydrogen-bond acceptors (Lipinski definition) is 6. The molecule has 7 nitrogen and oxygen atoms in total. The molecule has 2 rings (SSSR count). The number of ketones is 1. The van der Waals surface area contributed by atoms with E-state index in [0.717, 1.165) is 0 Å². The summed E-state index contributed by atoms with van der Waals surface area (Å²) >= 11 is 0. The largest absolute Gasteiger partial charge is 0.481 e. The molecule has 0 aromatic rings. The molecule has 0 bridgehead atoms. The Hall–Kier alpha value is -1.47. The minimum Gasteiger partial charge on any atom is -0.481 e. The van der Waals surface area contributed by atoms with E-state index >= 15 is 0 Å². The third-order valence-corrected chi connectivity index (χ3v) is 2.42. The van der Waals surface area contributed by atoms with Crippen molar-refractivity contribution in [2.24, 2.45) is 11.0 Å². The molecule has 0 spiro atoms. The smallest absolute Gasteiger partial charge is 0.309 e. The van der Waals surface area contributed by atoms with Crippen LogP contribution in [0.5, 0.6) is 0 Å². The van der Waals surface area contributed by atoms with Gasteiger partial charge in [-0.2, -0.15) is 10.1 Å². The number of aliphatic carboxylic acids is 1. The average Bonchev–Trinajstić information content (AvgIpc) is 2.65. The summed E-state index contributed by atoms with van der Waals surface area (Å²) in [5.41, 5.74) is 0. The van der Waals surface area contributed by atoms with Crippen LogP contribution in [0.4, 0.5) is 0 Å². The highest BCUT2D eigenvalue weighted by Crippen LogP contribution is 2.10. The second-order valence-corrected chi connectivity index (χ2v) is 3.58. The quantitative estimate of drug-likeness (QED) is 0.569. The molecule has 0 aliphatic carbocycles. The van der Waals surface area contributed by atoms with E-state index in [0.29, 0.717) is 19.8 Å². The molecule has 82 valence electrons. The summed E-state index contributed by atoms with van der Waals surface area (Å²) in [5, 5.41) is 19.0. The fourth-order valence-corrected chi connectivity index (χ4v) is 1.62. The number of nitrogens with one attached hydrogen (secondary N) is 1. The zero-order valence-corrected chi connectivity index (χ0v) is 8.09. The van der Waals surface area contributed by atoms with Crippen LogP contribution >= 0.6 is 0 Å². The van der Waals surface area contributed by atoms with Gasteiger partial charge in [0.25, 0.3) is 0 Å². The molecule has 0 saturated carbocycles. The van der Waals surface area contributed by atoms with E-state index in [1.54, 1.807) is 5.01 Å². The standard InChI is InChI=1S/C8H12N4O3/c13-7-2-10-12(4-7)11-3-6(8(14)15)1-9-5-11/h2,6,9H,1,3-5H2,(H,14,15). The summed E-state index contributed by atoms with van der Waals surface area (Å²) in [5.74, 6) is -1.35. The number of nitrogens with zero attached hydrogens (tertiary/aromatic N) is 3. The van der Waals surface area contributed by atoms with Gasteiger partial charge in [0.15, 0.2) is 5.78 Å². The maximum atomic E-state index is 11.0. The van der Waals surface area contributed by atoms with Gasteiger partial charge in [-0.3, -0.25) is 9.59 Å². The van der Waals surface area contributed by atoms with Crippen molar-refractivity contribution in [3.05, 3.63) is 0 Å². The summed E-state index contributed by atoms with van der Waals surface area (Å²) < 4.78 is 0. The summed E-state index contributed by atoms with van der Waals surface area (Å²) in [6, 6.07) is 0. The fourth-order valence-electron chi connectivity index (χ4n) is 1.62. The lowest BCUT2D eigenvalue weighted by atomic mass is 10.1. The van der Waals surface area contributed by atoms with Gasteiger partial charge in [-0.15, -0.1) is 0 Å². The average molecular weight is 212 g/mol. The summed E-state index contributed by atoms with van der Waals surface area (Å²) in [7, 11) is 0. The van der Waals surface area contributed by atoms with E-state index < -0.39 is 11.9 Å². The van der Waals surface area contributed by atoms with Crippen LogP contribution in [0.25, 0.3) is 0 Å². The summed E-state index contributed by atoms with van der Waals surface area (Å²) in [4.78, 5) is 21.7. The van der Waals surface area contributed by atoms with Gasteiger partial charge in [-0.05, 0) is 0 Å². The maximum absolute atomic E-state index is 11.0. The zero-order valence-electron chi connectivity index (χ0n) is 8.09. The Morgan fingerprint density at radius 2 is 2.47 bits per heavy atom.